The van der Waals surface area contributed by atoms with E-state index in [-0.39, 0.29) is 0 Å². The Morgan fingerprint density at radius 2 is 2.17 bits per heavy atom. The fraction of sp³-hybridized carbons (Fsp3) is 0.389. The molecular formula is C18H24N6. The van der Waals surface area contributed by atoms with E-state index in [0.29, 0.717) is 6.04 Å². The lowest BCUT2D eigenvalue weighted by atomic mass is 10.1. The van der Waals surface area contributed by atoms with E-state index in [1.54, 1.807) is 12.4 Å². The first kappa shape index (κ1) is 16.4. The largest absolute Gasteiger partial charge is 0.366 e. The molecule has 1 saturated heterocycles. The molecule has 4 heterocycles. The van der Waals surface area contributed by atoms with Gasteiger partial charge < -0.3 is 10.6 Å². The Hall–Kier alpha value is -2.47. The number of pyridine rings is 1. The number of imidazole rings is 1. The number of rotatable bonds is 3. The van der Waals surface area contributed by atoms with E-state index in [0.717, 1.165) is 35.9 Å². The van der Waals surface area contributed by atoms with E-state index >= 15 is 0 Å². The zero-order valence-electron chi connectivity index (χ0n) is 14.2. The molecular weight excluding hydrogens is 300 g/mol. The lowest BCUT2D eigenvalue weighted by Crippen LogP contribution is -2.38. The maximum atomic E-state index is 4.74. The maximum Gasteiger partial charge on any atom is 0.155 e. The van der Waals surface area contributed by atoms with E-state index < -0.39 is 0 Å². The summed E-state index contributed by atoms with van der Waals surface area (Å²) in [7, 11) is 0. The third-order valence-electron chi connectivity index (χ3n) is 3.98. The van der Waals surface area contributed by atoms with Crippen molar-refractivity contribution in [1.29, 1.82) is 0 Å². The number of aromatic nitrogens is 4. The fourth-order valence-corrected chi connectivity index (χ4v) is 2.87. The van der Waals surface area contributed by atoms with Crippen LogP contribution in [0.3, 0.4) is 0 Å². The molecule has 3 aromatic heterocycles. The first-order valence-corrected chi connectivity index (χ1v) is 8.62. The zero-order valence-corrected chi connectivity index (χ0v) is 14.2. The van der Waals surface area contributed by atoms with E-state index in [1.807, 2.05) is 48.8 Å². The Balaban J connectivity index is 0.000000815. The molecule has 0 bridgehead atoms. The van der Waals surface area contributed by atoms with Crippen molar-refractivity contribution in [2.24, 2.45) is 0 Å². The first-order valence-electron chi connectivity index (χ1n) is 8.62. The molecule has 1 atom stereocenters. The van der Waals surface area contributed by atoms with Crippen LogP contribution in [0.2, 0.25) is 0 Å². The lowest BCUT2D eigenvalue weighted by molar-refractivity contribution is 0.479. The number of nitrogens with zero attached hydrogens (tertiary/aromatic N) is 4. The smallest absolute Gasteiger partial charge is 0.155 e. The minimum atomic E-state index is 0.447. The fourth-order valence-electron chi connectivity index (χ4n) is 2.87. The van der Waals surface area contributed by atoms with Gasteiger partial charge in [-0.25, -0.2) is 9.97 Å². The van der Waals surface area contributed by atoms with Gasteiger partial charge in [0.05, 0.1) is 23.8 Å². The van der Waals surface area contributed by atoms with Gasteiger partial charge in [0.2, 0.25) is 0 Å². The first-order chi connectivity index (χ1) is 11.9. The van der Waals surface area contributed by atoms with Gasteiger partial charge in [-0.1, -0.05) is 19.9 Å². The molecule has 0 aliphatic carbocycles. The van der Waals surface area contributed by atoms with Crippen LogP contribution in [0.25, 0.3) is 17.0 Å². The second-order valence-corrected chi connectivity index (χ2v) is 5.54. The summed E-state index contributed by atoms with van der Waals surface area (Å²) in [5.41, 5.74) is 2.71. The quantitative estimate of drug-likeness (QED) is 0.775. The van der Waals surface area contributed by atoms with Crippen molar-refractivity contribution in [3.8, 4) is 11.4 Å². The van der Waals surface area contributed by atoms with Gasteiger partial charge in [0.15, 0.2) is 5.65 Å². The molecule has 4 rings (SSSR count). The highest BCUT2D eigenvalue weighted by Gasteiger charge is 2.14. The maximum absolute atomic E-state index is 4.74. The monoisotopic (exact) mass is 324 g/mol. The molecule has 0 radical (unpaired) electrons. The number of fused-ring (bicyclic) bond motifs is 1. The van der Waals surface area contributed by atoms with Crippen LogP contribution in [-0.2, 0) is 0 Å². The summed E-state index contributed by atoms with van der Waals surface area (Å²) in [5.74, 6) is 0.912. The Kier molecular flexibility index (Phi) is 5.38. The van der Waals surface area contributed by atoms with Crippen LogP contribution in [0.5, 0.6) is 0 Å². The van der Waals surface area contributed by atoms with Crippen LogP contribution < -0.4 is 10.6 Å². The number of hydrogen-bond donors (Lipinski definition) is 2. The topological polar surface area (TPSA) is 67.1 Å². The predicted octanol–water partition coefficient (Wildman–Crippen LogP) is 2.98. The molecule has 1 unspecified atom stereocenters. The van der Waals surface area contributed by atoms with Crippen LogP contribution >= 0.6 is 0 Å². The average molecular weight is 324 g/mol. The van der Waals surface area contributed by atoms with Gasteiger partial charge in [0, 0.05) is 25.0 Å². The number of anilines is 1. The van der Waals surface area contributed by atoms with Crippen LogP contribution in [-0.4, -0.2) is 38.5 Å². The van der Waals surface area contributed by atoms with Crippen molar-refractivity contribution in [3.05, 3.63) is 43.0 Å². The molecule has 126 valence electrons. The summed E-state index contributed by atoms with van der Waals surface area (Å²) >= 11 is 0. The van der Waals surface area contributed by atoms with Crippen LogP contribution in [0.4, 0.5) is 5.82 Å². The highest BCUT2D eigenvalue weighted by Crippen LogP contribution is 2.20. The average Bonchev–Trinajstić information content (AvgIpc) is 3.09. The van der Waals surface area contributed by atoms with Gasteiger partial charge >= 0.3 is 0 Å². The van der Waals surface area contributed by atoms with Crippen molar-refractivity contribution in [2.75, 3.05) is 18.4 Å². The molecule has 24 heavy (non-hydrogen) atoms. The molecule has 2 N–H and O–H groups in total. The summed E-state index contributed by atoms with van der Waals surface area (Å²) < 4.78 is 2.00. The molecule has 0 saturated carbocycles. The summed E-state index contributed by atoms with van der Waals surface area (Å²) in [6.45, 7) is 6.11. The normalized spacial score (nSPS) is 17.2. The van der Waals surface area contributed by atoms with Crippen molar-refractivity contribution < 1.29 is 0 Å². The highest BCUT2D eigenvalue weighted by atomic mass is 15.1. The molecule has 0 amide bonds. The Bertz CT molecular complexity index is 776. The third-order valence-corrected chi connectivity index (χ3v) is 3.98. The molecule has 1 fully saturated rings. The van der Waals surface area contributed by atoms with E-state index in [9.17, 15) is 0 Å². The summed E-state index contributed by atoms with van der Waals surface area (Å²) in [5, 5.41) is 6.93. The highest BCUT2D eigenvalue weighted by molar-refractivity contribution is 5.61. The van der Waals surface area contributed by atoms with Crippen molar-refractivity contribution in [2.45, 2.75) is 32.7 Å². The van der Waals surface area contributed by atoms with E-state index in [4.69, 9.17) is 4.98 Å². The summed E-state index contributed by atoms with van der Waals surface area (Å²) in [6.07, 6.45) is 9.64. The SMILES string of the molecule is CC.c1cc(NC2CCCNC2)nc(-c2cnc3cnccn23)c1. The molecule has 0 aromatic carbocycles. The lowest BCUT2D eigenvalue weighted by Gasteiger charge is -2.24. The molecule has 3 aromatic rings. The van der Waals surface area contributed by atoms with Crippen LogP contribution in [0.15, 0.2) is 43.0 Å². The molecule has 1 aliphatic heterocycles. The minimum absolute atomic E-state index is 0.447. The van der Waals surface area contributed by atoms with Gasteiger partial charge in [-0.3, -0.25) is 9.38 Å². The van der Waals surface area contributed by atoms with Gasteiger partial charge in [-0.05, 0) is 31.5 Å². The van der Waals surface area contributed by atoms with E-state index in [1.165, 1.54) is 12.8 Å². The standard InChI is InChI=1S/C16H18N6.C2H6/c1-4-13(14-10-19-16-11-18-7-8-22(14)16)21-15(5-1)20-12-3-2-6-17-9-12;1-2/h1,4-5,7-8,10-12,17H,2-3,6,9H2,(H,20,21);1-2H3. The Morgan fingerprint density at radius 3 is 3.00 bits per heavy atom. The second-order valence-electron chi connectivity index (χ2n) is 5.54. The predicted molar refractivity (Wildman–Crippen MR) is 97.1 cm³/mol. The van der Waals surface area contributed by atoms with Gasteiger partial charge in [-0.15, -0.1) is 0 Å². The Morgan fingerprint density at radius 1 is 1.25 bits per heavy atom. The molecule has 1 aliphatic rings. The van der Waals surface area contributed by atoms with Crippen molar-refractivity contribution >= 4 is 11.5 Å². The Labute approximate surface area is 142 Å². The number of hydrogen-bond acceptors (Lipinski definition) is 5. The van der Waals surface area contributed by atoms with Crippen molar-refractivity contribution in [3.63, 3.8) is 0 Å². The minimum Gasteiger partial charge on any atom is -0.366 e. The van der Waals surface area contributed by atoms with Gasteiger partial charge in [-0.2, -0.15) is 0 Å². The summed E-state index contributed by atoms with van der Waals surface area (Å²) in [4.78, 5) is 13.2. The zero-order chi connectivity index (χ0) is 16.8. The molecule has 6 nitrogen and oxygen atoms in total. The van der Waals surface area contributed by atoms with Crippen LogP contribution in [0.1, 0.15) is 26.7 Å². The molecule has 0 spiro atoms. The van der Waals surface area contributed by atoms with Crippen LogP contribution in [0, 0.1) is 0 Å². The third kappa shape index (κ3) is 3.54. The van der Waals surface area contributed by atoms with Gasteiger partial charge in [0.1, 0.15) is 5.82 Å². The number of nitrogens with one attached hydrogen (secondary N) is 2. The second kappa shape index (κ2) is 7.88. The summed E-state index contributed by atoms with van der Waals surface area (Å²) in [6, 6.07) is 6.50. The van der Waals surface area contributed by atoms with E-state index in [2.05, 4.69) is 20.6 Å². The van der Waals surface area contributed by atoms with Gasteiger partial charge in [0.25, 0.3) is 0 Å². The van der Waals surface area contributed by atoms with Crippen molar-refractivity contribution in [1.82, 2.24) is 24.7 Å². The number of piperidine rings is 1. The molecule has 6 heteroatoms.